The quantitative estimate of drug-likeness (QED) is 0.425. The summed E-state index contributed by atoms with van der Waals surface area (Å²) >= 11 is 3.23. The van der Waals surface area contributed by atoms with Crippen molar-refractivity contribution in [2.45, 2.75) is 25.7 Å². The van der Waals surface area contributed by atoms with Crippen molar-refractivity contribution in [2.75, 3.05) is 12.4 Å². The lowest BCUT2D eigenvalue weighted by atomic mass is 9.74. The van der Waals surface area contributed by atoms with Gasteiger partial charge >= 0.3 is 5.97 Å². The van der Waals surface area contributed by atoms with Gasteiger partial charge in [0.1, 0.15) is 5.41 Å². The molecule has 0 amide bonds. The third-order valence-electron chi connectivity index (χ3n) is 2.60. The van der Waals surface area contributed by atoms with Crippen LogP contribution in [-0.2, 0) is 14.3 Å². The Morgan fingerprint density at radius 1 is 1.62 bits per heavy atom. The summed E-state index contributed by atoms with van der Waals surface area (Å²) < 4.78 is 4.66. The fourth-order valence-electron chi connectivity index (χ4n) is 1.70. The van der Waals surface area contributed by atoms with Crippen molar-refractivity contribution >= 4 is 27.7 Å². The Morgan fingerprint density at radius 3 is 2.77 bits per heavy atom. The van der Waals surface area contributed by atoms with Crippen molar-refractivity contribution in [1.82, 2.24) is 0 Å². The Hall–Kier alpha value is -0.380. The van der Waals surface area contributed by atoms with Crippen LogP contribution in [0.25, 0.3) is 0 Å². The van der Waals surface area contributed by atoms with Gasteiger partial charge in [-0.15, -0.1) is 0 Å². The van der Waals surface area contributed by atoms with Crippen LogP contribution in [0, 0.1) is 5.41 Å². The van der Waals surface area contributed by atoms with Crippen molar-refractivity contribution in [2.24, 2.45) is 5.41 Å². The van der Waals surface area contributed by atoms with E-state index in [2.05, 4.69) is 20.7 Å². The number of hydrogen-bond donors (Lipinski definition) is 0. The molecule has 0 aromatic heterocycles. The molecule has 1 aliphatic rings. The van der Waals surface area contributed by atoms with Gasteiger partial charge in [0, 0.05) is 11.8 Å². The lowest BCUT2D eigenvalue weighted by Crippen LogP contribution is -2.43. The van der Waals surface area contributed by atoms with Crippen LogP contribution in [0.15, 0.2) is 0 Å². The average Bonchev–Trinajstić information content (AvgIpc) is 2.18. The van der Waals surface area contributed by atoms with E-state index >= 15 is 0 Å². The summed E-state index contributed by atoms with van der Waals surface area (Å²) in [6.07, 6.45) is 2.93. The zero-order valence-electron chi connectivity index (χ0n) is 7.64. The van der Waals surface area contributed by atoms with Crippen molar-refractivity contribution in [3.8, 4) is 0 Å². The first-order valence-electron chi connectivity index (χ1n) is 4.35. The molecule has 13 heavy (non-hydrogen) atoms. The monoisotopic (exact) mass is 248 g/mol. The van der Waals surface area contributed by atoms with Gasteiger partial charge in [0.2, 0.25) is 0 Å². The molecule has 1 aliphatic carbocycles. The van der Waals surface area contributed by atoms with Gasteiger partial charge in [-0.2, -0.15) is 0 Å². The van der Waals surface area contributed by atoms with E-state index in [1.54, 1.807) is 0 Å². The zero-order valence-corrected chi connectivity index (χ0v) is 9.22. The molecule has 0 aromatic carbocycles. The highest BCUT2D eigenvalue weighted by Gasteiger charge is 2.46. The number of Topliss-reactive ketones (excluding diaryl/α,β-unsaturated/α-hetero) is 1. The summed E-state index contributed by atoms with van der Waals surface area (Å²) in [4.78, 5) is 23.1. The van der Waals surface area contributed by atoms with E-state index < -0.39 is 11.4 Å². The fourth-order valence-corrected chi connectivity index (χ4v) is 2.52. The molecule has 0 saturated heterocycles. The number of carbonyl (C=O) groups excluding carboxylic acids is 2. The van der Waals surface area contributed by atoms with Crippen LogP contribution in [-0.4, -0.2) is 24.2 Å². The molecular weight excluding hydrogens is 236 g/mol. The second-order valence-electron chi connectivity index (χ2n) is 3.34. The molecule has 0 spiro atoms. The van der Waals surface area contributed by atoms with Crippen LogP contribution in [0.3, 0.4) is 0 Å². The first kappa shape index (κ1) is 10.7. The zero-order chi connectivity index (χ0) is 9.90. The van der Waals surface area contributed by atoms with E-state index in [0.29, 0.717) is 18.2 Å². The molecule has 0 bridgehead atoms. The Morgan fingerprint density at radius 2 is 2.31 bits per heavy atom. The van der Waals surface area contributed by atoms with Gasteiger partial charge in [-0.3, -0.25) is 9.59 Å². The average molecular weight is 249 g/mol. The predicted octanol–water partition coefficient (Wildman–Crippen LogP) is 1.68. The highest BCUT2D eigenvalue weighted by Crippen LogP contribution is 2.36. The van der Waals surface area contributed by atoms with Crippen LogP contribution < -0.4 is 0 Å². The molecule has 0 heterocycles. The fraction of sp³-hybridized carbons (Fsp3) is 0.778. The molecule has 1 atom stereocenters. The number of ether oxygens (including phenoxy) is 1. The second kappa shape index (κ2) is 4.22. The Kier molecular flexibility index (Phi) is 3.47. The molecule has 0 N–H and O–H groups in total. The van der Waals surface area contributed by atoms with Gasteiger partial charge in [-0.25, -0.2) is 0 Å². The largest absolute Gasteiger partial charge is 0.468 e. The standard InChI is InChI=1S/C9H13BrO3/c1-13-8(12)9(6-10)5-3-2-4-7(9)11/h2-6H2,1H3. The molecule has 4 heteroatoms. The maximum Gasteiger partial charge on any atom is 0.320 e. The summed E-state index contributed by atoms with van der Waals surface area (Å²) in [5.74, 6) is -0.378. The number of rotatable bonds is 2. The van der Waals surface area contributed by atoms with Crippen LogP contribution in [0.2, 0.25) is 0 Å². The van der Waals surface area contributed by atoms with E-state index in [-0.39, 0.29) is 5.78 Å². The van der Waals surface area contributed by atoms with Crippen molar-refractivity contribution in [1.29, 1.82) is 0 Å². The van der Waals surface area contributed by atoms with Crippen LogP contribution in [0.1, 0.15) is 25.7 Å². The van der Waals surface area contributed by atoms with Gasteiger partial charge in [0.25, 0.3) is 0 Å². The van der Waals surface area contributed by atoms with Crippen LogP contribution >= 0.6 is 15.9 Å². The number of esters is 1. The van der Waals surface area contributed by atoms with E-state index in [4.69, 9.17) is 0 Å². The molecule has 1 fully saturated rings. The summed E-state index contributed by atoms with van der Waals surface area (Å²) in [5.41, 5.74) is -0.896. The van der Waals surface area contributed by atoms with Crippen molar-refractivity contribution < 1.29 is 14.3 Å². The molecule has 1 rings (SSSR count). The minimum Gasteiger partial charge on any atom is -0.468 e. The third-order valence-corrected chi connectivity index (χ3v) is 3.55. The molecule has 1 unspecified atom stereocenters. The second-order valence-corrected chi connectivity index (χ2v) is 3.90. The van der Waals surface area contributed by atoms with Gasteiger partial charge in [0.05, 0.1) is 7.11 Å². The highest BCUT2D eigenvalue weighted by molar-refractivity contribution is 9.09. The molecule has 0 aromatic rings. The Balaban J connectivity index is 2.88. The minimum absolute atomic E-state index is 0.0162. The van der Waals surface area contributed by atoms with E-state index in [0.717, 1.165) is 12.8 Å². The lowest BCUT2D eigenvalue weighted by Gasteiger charge is -2.30. The predicted molar refractivity (Wildman–Crippen MR) is 51.7 cm³/mol. The molecule has 3 nitrogen and oxygen atoms in total. The lowest BCUT2D eigenvalue weighted by molar-refractivity contribution is -0.158. The molecule has 0 radical (unpaired) electrons. The highest BCUT2D eigenvalue weighted by atomic mass is 79.9. The molecule has 74 valence electrons. The molecule has 1 saturated carbocycles. The smallest absolute Gasteiger partial charge is 0.320 e. The minimum atomic E-state index is -0.896. The SMILES string of the molecule is COC(=O)C1(CBr)CCCCC1=O. The summed E-state index contributed by atoms with van der Waals surface area (Å²) in [7, 11) is 1.33. The number of alkyl halides is 1. The van der Waals surface area contributed by atoms with Crippen LogP contribution in [0.5, 0.6) is 0 Å². The van der Waals surface area contributed by atoms with Gasteiger partial charge in [0.15, 0.2) is 5.78 Å². The summed E-state index contributed by atoms with van der Waals surface area (Å²) in [6.45, 7) is 0. The summed E-state index contributed by atoms with van der Waals surface area (Å²) in [6, 6.07) is 0. The molecular formula is C9H13BrO3. The Bertz CT molecular complexity index is 217. The van der Waals surface area contributed by atoms with E-state index in [1.807, 2.05) is 0 Å². The maximum atomic E-state index is 11.6. The normalized spacial score (nSPS) is 28.6. The topological polar surface area (TPSA) is 43.4 Å². The van der Waals surface area contributed by atoms with E-state index in [9.17, 15) is 9.59 Å². The first-order valence-corrected chi connectivity index (χ1v) is 5.47. The van der Waals surface area contributed by atoms with E-state index in [1.165, 1.54) is 7.11 Å². The molecule has 0 aliphatic heterocycles. The van der Waals surface area contributed by atoms with Crippen LogP contribution in [0.4, 0.5) is 0 Å². The number of methoxy groups -OCH3 is 1. The Labute approximate surface area is 86.0 Å². The summed E-state index contributed by atoms with van der Waals surface area (Å²) in [5, 5.41) is 0.380. The van der Waals surface area contributed by atoms with Crippen molar-refractivity contribution in [3.63, 3.8) is 0 Å². The number of carbonyl (C=O) groups is 2. The third kappa shape index (κ3) is 1.77. The van der Waals surface area contributed by atoms with Gasteiger partial charge in [-0.05, 0) is 12.8 Å². The van der Waals surface area contributed by atoms with Crippen molar-refractivity contribution in [3.05, 3.63) is 0 Å². The maximum absolute atomic E-state index is 11.6. The number of hydrogen-bond acceptors (Lipinski definition) is 3. The number of ketones is 1. The van der Waals surface area contributed by atoms with Gasteiger partial charge < -0.3 is 4.74 Å². The first-order chi connectivity index (χ1) is 6.17. The number of halogens is 1. The van der Waals surface area contributed by atoms with Gasteiger partial charge in [-0.1, -0.05) is 22.4 Å².